The van der Waals surface area contributed by atoms with E-state index in [1.165, 1.54) is 12.8 Å². The first kappa shape index (κ1) is 20.1. The number of aromatic nitrogens is 4. The van der Waals surface area contributed by atoms with Crippen molar-refractivity contribution in [3.8, 4) is 16.5 Å². The maximum Gasteiger partial charge on any atom is 0.240 e. The highest BCUT2D eigenvalue weighted by atomic mass is 32.1. The van der Waals surface area contributed by atoms with E-state index in [2.05, 4.69) is 20.9 Å². The Morgan fingerprint density at radius 1 is 1.22 bits per heavy atom. The van der Waals surface area contributed by atoms with Gasteiger partial charge in [0.15, 0.2) is 0 Å². The quantitative estimate of drug-likeness (QED) is 0.587. The minimum atomic E-state index is 0.134. The standard InChI is InChI=1S/C23H27N5O3S/c29-20-9-14(11-24-20)3-8-31-22-21-18(26-13-28(21)16-1-2-16)10-17(27-22)19-12-25-23(32-19)15-4-6-30-7-5-15/h10,12-16H,1-9,11H2,(H,24,29)/t14-/m1/s1. The molecule has 32 heavy (non-hydrogen) atoms. The number of fused-ring (bicyclic) bond motifs is 1. The fraction of sp³-hybridized carbons (Fsp3) is 0.565. The van der Waals surface area contributed by atoms with E-state index < -0.39 is 0 Å². The summed E-state index contributed by atoms with van der Waals surface area (Å²) in [5, 5.41) is 4.06. The topological polar surface area (TPSA) is 91.2 Å². The molecule has 3 aromatic heterocycles. The maximum absolute atomic E-state index is 11.5. The van der Waals surface area contributed by atoms with Crippen molar-refractivity contribution in [3.63, 3.8) is 0 Å². The van der Waals surface area contributed by atoms with Gasteiger partial charge in [0.2, 0.25) is 11.8 Å². The lowest BCUT2D eigenvalue weighted by molar-refractivity contribution is -0.119. The molecule has 3 aromatic rings. The van der Waals surface area contributed by atoms with Crippen LogP contribution in [0.1, 0.15) is 55.5 Å². The average Bonchev–Trinajstić information content (AvgIpc) is 3.20. The number of rotatable bonds is 7. The zero-order valence-electron chi connectivity index (χ0n) is 18.0. The molecule has 0 bridgehead atoms. The number of pyridine rings is 1. The Labute approximate surface area is 190 Å². The van der Waals surface area contributed by atoms with Gasteiger partial charge in [-0.2, -0.15) is 0 Å². The average molecular weight is 454 g/mol. The third-order valence-corrected chi connectivity index (χ3v) is 7.82. The molecule has 5 heterocycles. The summed E-state index contributed by atoms with van der Waals surface area (Å²) in [6.07, 6.45) is 9.66. The van der Waals surface area contributed by atoms with Crippen LogP contribution >= 0.6 is 11.3 Å². The molecule has 6 rings (SSSR count). The van der Waals surface area contributed by atoms with E-state index >= 15 is 0 Å². The van der Waals surface area contributed by atoms with Crippen LogP contribution in [0, 0.1) is 5.92 Å². The molecule has 0 aromatic carbocycles. The Balaban J connectivity index is 1.28. The van der Waals surface area contributed by atoms with Gasteiger partial charge in [0.05, 0.1) is 34.0 Å². The summed E-state index contributed by atoms with van der Waals surface area (Å²) < 4.78 is 13.9. The Morgan fingerprint density at radius 2 is 2.09 bits per heavy atom. The minimum absolute atomic E-state index is 0.134. The number of thiazole rings is 1. The van der Waals surface area contributed by atoms with Crippen molar-refractivity contribution in [1.82, 2.24) is 24.8 Å². The first-order valence-corrected chi connectivity index (χ1v) is 12.4. The molecule has 1 N–H and O–H groups in total. The monoisotopic (exact) mass is 453 g/mol. The fourth-order valence-corrected chi connectivity index (χ4v) is 5.66. The molecule has 3 fully saturated rings. The van der Waals surface area contributed by atoms with Crippen molar-refractivity contribution in [3.05, 3.63) is 23.6 Å². The van der Waals surface area contributed by atoms with Gasteiger partial charge in [0, 0.05) is 44.3 Å². The second-order valence-corrected chi connectivity index (χ2v) is 10.1. The van der Waals surface area contributed by atoms with Gasteiger partial charge in [-0.05, 0) is 44.1 Å². The Bertz CT molecular complexity index is 1130. The maximum atomic E-state index is 11.5. The van der Waals surface area contributed by atoms with Crippen LogP contribution in [-0.2, 0) is 9.53 Å². The molecule has 0 unspecified atom stereocenters. The van der Waals surface area contributed by atoms with E-state index in [4.69, 9.17) is 19.4 Å². The lowest BCUT2D eigenvalue weighted by Crippen LogP contribution is -2.14. The molecule has 1 atom stereocenters. The largest absolute Gasteiger partial charge is 0.476 e. The molecular weight excluding hydrogens is 426 g/mol. The Morgan fingerprint density at radius 3 is 2.88 bits per heavy atom. The zero-order chi connectivity index (χ0) is 21.5. The molecule has 9 heteroatoms. The number of imidazole rings is 1. The Kier molecular flexibility index (Phi) is 5.30. The van der Waals surface area contributed by atoms with Crippen LogP contribution in [0.2, 0.25) is 0 Å². The van der Waals surface area contributed by atoms with Crippen molar-refractivity contribution in [2.45, 2.75) is 50.5 Å². The lowest BCUT2D eigenvalue weighted by Gasteiger charge is -2.19. The number of hydrogen-bond acceptors (Lipinski definition) is 7. The van der Waals surface area contributed by atoms with Crippen LogP contribution in [0.5, 0.6) is 5.88 Å². The molecule has 168 valence electrons. The number of carbonyl (C=O) groups excluding carboxylic acids is 1. The second kappa shape index (κ2) is 8.44. The highest BCUT2D eigenvalue weighted by molar-refractivity contribution is 7.15. The summed E-state index contributed by atoms with van der Waals surface area (Å²) in [5.41, 5.74) is 2.75. The van der Waals surface area contributed by atoms with E-state index in [-0.39, 0.29) is 5.91 Å². The zero-order valence-corrected chi connectivity index (χ0v) is 18.8. The van der Waals surface area contributed by atoms with E-state index in [1.807, 2.05) is 12.5 Å². The van der Waals surface area contributed by atoms with E-state index in [9.17, 15) is 4.79 Å². The van der Waals surface area contributed by atoms with Crippen LogP contribution in [0.25, 0.3) is 21.6 Å². The van der Waals surface area contributed by atoms with Gasteiger partial charge in [-0.1, -0.05) is 0 Å². The molecule has 0 radical (unpaired) electrons. The van der Waals surface area contributed by atoms with Crippen molar-refractivity contribution in [2.24, 2.45) is 5.92 Å². The third-order valence-electron chi connectivity index (χ3n) is 6.63. The van der Waals surface area contributed by atoms with Crippen molar-refractivity contribution >= 4 is 28.3 Å². The first-order valence-electron chi connectivity index (χ1n) is 11.6. The number of nitrogens with one attached hydrogen (secondary N) is 1. The van der Waals surface area contributed by atoms with Gasteiger partial charge in [-0.25, -0.2) is 15.0 Å². The molecule has 8 nitrogen and oxygen atoms in total. The van der Waals surface area contributed by atoms with Crippen LogP contribution in [-0.4, -0.2) is 51.8 Å². The predicted molar refractivity (Wildman–Crippen MR) is 121 cm³/mol. The number of amides is 1. The van der Waals surface area contributed by atoms with Gasteiger partial charge < -0.3 is 19.4 Å². The Hall–Kier alpha value is -2.52. The van der Waals surface area contributed by atoms with Crippen molar-refractivity contribution in [1.29, 1.82) is 0 Å². The second-order valence-electron chi connectivity index (χ2n) is 9.02. The van der Waals surface area contributed by atoms with Crippen LogP contribution in [0.15, 0.2) is 18.6 Å². The summed E-state index contributed by atoms with van der Waals surface area (Å²) in [5.74, 6) is 1.58. The van der Waals surface area contributed by atoms with Crippen molar-refractivity contribution < 1.29 is 14.3 Å². The molecule has 0 spiro atoms. The summed E-state index contributed by atoms with van der Waals surface area (Å²) >= 11 is 1.71. The van der Waals surface area contributed by atoms with Crippen LogP contribution in [0.4, 0.5) is 0 Å². The van der Waals surface area contributed by atoms with Gasteiger partial charge >= 0.3 is 0 Å². The summed E-state index contributed by atoms with van der Waals surface area (Å²) in [4.78, 5) is 26.8. The molecule has 2 saturated heterocycles. The highest BCUT2D eigenvalue weighted by Crippen LogP contribution is 2.41. The van der Waals surface area contributed by atoms with Crippen LogP contribution in [0.3, 0.4) is 0 Å². The third kappa shape index (κ3) is 3.99. The number of carbonyl (C=O) groups is 1. The van der Waals surface area contributed by atoms with Gasteiger partial charge in [0.25, 0.3) is 0 Å². The van der Waals surface area contributed by atoms with Crippen LogP contribution < -0.4 is 10.1 Å². The van der Waals surface area contributed by atoms with E-state index in [1.54, 1.807) is 11.3 Å². The summed E-state index contributed by atoms with van der Waals surface area (Å²) in [7, 11) is 0. The SMILES string of the molecule is O=C1C[C@@H](CCOc2nc(-c3cnc(C4CCOCC4)s3)cc3ncn(C4CC4)c23)CN1. The number of hydrogen-bond donors (Lipinski definition) is 1. The minimum Gasteiger partial charge on any atom is -0.476 e. The van der Waals surface area contributed by atoms with E-state index in [0.29, 0.717) is 36.8 Å². The molecule has 2 aliphatic heterocycles. The summed E-state index contributed by atoms with van der Waals surface area (Å²) in [6, 6.07) is 2.55. The lowest BCUT2D eigenvalue weighted by atomic mass is 10.0. The fourth-order valence-electron chi connectivity index (χ4n) is 4.61. The molecule has 3 aliphatic rings. The van der Waals surface area contributed by atoms with Gasteiger partial charge in [-0.3, -0.25) is 4.79 Å². The molecule has 1 aliphatic carbocycles. The molecule has 1 amide bonds. The summed E-state index contributed by atoms with van der Waals surface area (Å²) in [6.45, 7) is 2.89. The van der Waals surface area contributed by atoms with E-state index in [0.717, 1.165) is 65.6 Å². The van der Waals surface area contributed by atoms with Crippen molar-refractivity contribution in [2.75, 3.05) is 26.4 Å². The predicted octanol–water partition coefficient (Wildman–Crippen LogP) is 3.69. The number of nitrogens with zero attached hydrogens (tertiary/aromatic N) is 4. The smallest absolute Gasteiger partial charge is 0.240 e. The number of ether oxygens (including phenoxy) is 2. The van der Waals surface area contributed by atoms with Gasteiger partial charge in [-0.15, -0.1) is 11.3 Å². The highest BCUT2D eigenvalue weighted by Gasteiger charge is 2.28. The normalized spacial score (nSPS) is 21.9. The molecular formula is C23H27N5O3S. The molecule has 1 saturated carbocycles. The van der Waals surface area contributed by atoms with Gasteiger partial charge in [0.1, 0.15) is 5.52 Å². The first-order chi connectivity index (χ1) is 15.7.